The van der Waals surface area contributed by atoms with Gasteiger partial charge in [-0.1, -0.05) is 27.5 Å². The summed E-state index contributed by atoms with van der Waals surface area (Å²) in [5, 5.41) is 3.93. The summed E-state index contributed by atoms with van der Waals surface area (Å²) in [5.74, 6) is 0.794. The van der Waals surface area contributed by atoms with Crippen LogP contribution < -0.4 is 5.32 Å². The maximum absolute atomic E-state index is 6.22. The molecule has 0 aliphatic carbocycles. The first-order chi connectivity index (χ1) is 9.60. The van der Waals surface area contributed by atoms with Gasteiger partial charge in [0.25, 0.3) is 0 Å². The van der Waals surface area contributed by atoms with Crippen molar-refractivity contribution >= 4 is 39.2 Å². The molecule has 1 heterocycles. The van der Waals surface area contributed by atoms with Crippen molar-refractivity contribution in [3.63, 3.8) is 0 Å². The quantitative estimate of drug-likeness (QED) is 0.779. The van der Waals surface area contributed by atoms with Crippen LogP contribution in [0.5, 0.6) is 0 Å². The van der Waals surface area contributed by atoms with E-state index in [0.29, 0.717) is 5.02 Å². The molecule has 0 fully saturated rings. The topological polar surface area (TPSA) is 39.1 Å². The number of halogens is 2. The maximum atomic E-state index is 6.22. The number of anilines is 2. The molecule has 0 atom stereocenters. The first kappa shape index (κ1) is 15.4. The van der Waals surface area contributed by atoms with Crippen molar-refractivity contribution in [3.8, 4) is 0 Å². The molecule has 108 valence electrons. The van der Waals surface area contributed by atoms with Crippen LogP contribution in [-0.4, -0.2) is 23.3 Å². The Morgan fingerprint density at radius 2 is 2.25 bits per heavy atom. The lowest BCUT2D eigenvalue weighted by Gasteiger charge is -2.11. The van der Waals surface area contributed by atoms with Crippen LogP contribution in [0.25, 0.3) is 0 Å². The Labute approximate surface area is 132 Å². The van der Waals surface area contributed by atoms with Crippen molar-refractivity contribution in [2.45, 2.75) is 19.9 Å². The van der Waals surface area contributed by atoms with Crippen LogP contribution in [0.15, 0.2) is 28.9 Å². The van der Waals surface area contributed by atoms with Crippen LogP contribution >= 0.6 is 27.5 Å². The fourth-order valence-corrected chi connectivity index (χ4v) is 2.63. The van der Waals surface area contributed by atoms with Crippen molar-refractivity contribution in [1.29, 1.82) is 0 Å². The van der Waals surface area contributed by atoms with Gasteiger partial charge in [0.15, 0.2) is 0 Å². The Morgan fingerprint density at radius 3 is 2.95 bits per heavy atom. The fraction of sp³-hybridized carbons (Fsp3) is 0.357. The monoisotopic (exact) mass is 357 g/mol. The number of methoxy groups -OCH3 is 1. The van der Waals surface area contributed by atoms with E-state index in [-0.39, 0.29) is 0 Å². The van der Waals surface area contributed by atoms with E-state index in [1.54, 1.807) is 7.11 Å². The number of ether oxygens (including phenoxy) is 1. The van der Waals surface area contributed by atoms with E-state index in [1.165, 1.54) is 0 Å². The average Bonchev–Trinajstić information content (AvgIpc) is 2.73. The van der Waals surface area contributed by atoms with Crippen LogP contribution in [0.4, 0.5) is 11.6 Å². The summed E-state index contributed by atoms with van der Waals surface area (Å²) in [6.07, 6.45) is 2.96. The number of nitrogens with one attached hydrogen (secondary N) is 1. The minimum Gasteiger partial charge on any atom is -0.385 e. The minimum absolute atomic E-state index is 0.656. The molecule has 0 aliphatic heterocycles. The van der Waals surface area contributed by atoms with Crippen LogP contribution in [0.2, 0.25) is 5.02 Å². The lowest BCUT2D eigenvalue weighted by Crippen LogP contribution is -2.05. The number of hydrogen-bond acceptors (Lipinski definition) is 3. The van der Waals surface area contributed by atoms with E-state index >= 15 is 0 Å². The number of benzene rings is 1. The highest BCUT2D eigenvalue weighted by Gasteiger charge is 2.08. The van der Waals surface area contributed by atoms with E-state index < -0.39 is 0 Å². The van der Waals surface area contributed by atoms with Crippen LogP contribution in [-0.2, 0) is 11.3 Å². The third kappa shape index (κ3) is 3.98. The molecule has 6 heteroatoms. The predicted octanol–water partition coefficient (Wildman–Crippen LogP) is 4.39. The maximum Gasteiger partial charge on any atom is 0.207 e. The van der Waals surface area contributed by atoms with Gasteiger partial charge >= 0.3 is 0 Å². The van der Waals surface area contributed by atoms with Crippen molar-refractivity contribution in [2.24, 2.45) is 0 Å². The molecule has 0 amide bonds. The zero-order chi connectivity index (χ0) is 14.5. The van der Waals surface area contributed by atoms with E-state index in [1.807, 2.05) is 31.3 Å². The van der Waals surface area contributed by atoms with E-state index in [2.05, 4.69) is 30.8 Å². The summed E-state index contributed by atoms with van der Waals surface area (Å²) in [4.78, 5) is 4.49. The highest BCUT2D eigenvalue weighted by Crippen LogP contribution is 2.28. The molecule has 0 unspecified atom stereocenters. The Bertz CT molecular complexity index is 586. The van der Waals surface area contributed by atoms with Gasteiger partial charge in [-0.3, -0.25) is 0 Å². The molecule has 2 aromatic rings. The Morgan fingerprint density at radius 1 is 1.45 bits per heavy atom. The highest BCUT2D eigenvalue weighted by molar-refractivity contribution is 9.10. The molecular formula is C14H17BrClN3O. The SMILES string of the molecule is COCCCn1cc(C)nc1Nc1ccc(Br)cc1Cl. The zero-order valence-electron chi connectivity index (χ0n) is 11.5. The summed E-state index contributed by atoms with van der Waals surface area (Å²) >= 11 is 9.61. The molecule has 0 saturated carbocycles. The molecule has 0 spiro atoms. The molecular weight excluding hydrogens is 342 g/mol. The standard InChI is InChI=1S/C14H17BrClN3O/c1-10-9-19(6-3-7-20-2)14(17-10)18-13-5-4-11(15)8-12(13)16/h4-5,8-9H,3,6-7H2,1-2H3,(H,17,18). The summed E-state index contributed by atoms with van der Waals surface area (Å²) in [5.41, 5.74) is 1.81. The minimum atomic E-state index is 0.656. The Kier molecular flexibility index (Phi) is 5.46. The van der Waals surface area contributed by atoms with Crippen LogP contribution in [0.3, 0.4) is 0 Å². The molecule has 0 bridgehead atoms. The van der Waals surface area contributed by atoms with Gasteiger partial charge < -0.3 is 14.6 Å². The van der Waals surface area contributed by atoms with Crippen molar-refractivity contribution in [2.75, 3.05) is 19.0 Å². The van der Waals surface area contributed by atoms with Gasteiger partial charge in [0, 0.05) is 30.9 Å². The van der Waals surface area contributed by atoms with E-state index in [9.17, 15) is 0 Å². The largest absolute Gasteiger partial charge is 0.385 e. The number of hydrogen-bond donors (Lipinski definition) is 1. The van der Waals surface area contributed by atoms with Gasteiger partial charge in [-0.2, -0.15) is 0 Å². The van der Waals surface area contributed by atoms with Gasteiger partial charge in [0.1, 0.15) is 0 Å². The fourth-order valence-electron chi connectivity index (χ4n) is 1.91. The zero-order valence-corrected chi connectivity index (χ0v) is 13.8. The van der Waals surface area contributed by atoms with Crippen molar-refractivity contribution < 1.29 is 4.74 Å². The summed E-state index contributed by atoms with van der Waals surface area (Å²) < 4.78 is 8.11. The summed E-state index contributed by atoms with van der Waals surface area (Å²) in [7, 11) is 1.71. The molecule has 1 aromatic heterocycles. The number of nitrogens with zero attached hydrogens (tertiary/aromatic N) is 2. The first-order valence-electron chi connectivity index (χ1n) is 6.35. The summed E-state index contributed by atoms with van der Waals surface area (Å²) in [6, 6.07) is 5.73. The number of imidazole rings is 1. The second-order valence-corrected chi connectivity index (χ2v) is 5.82. The molecule has 1 aromatic carbocycles. The number of rotatable bonds is 6. The van der Waals surface area contributed by atoms with Gasteiger partial charge in [0.2, 0.25) is 5.95 Å². The predicted molar refractivity (Wildman–Crippen MR) is 85.9 cm³/mol. The number of aryl methyl sites for hydroxylation is 2. The normalized spacial score (nSPS) is 10.8. The third-order valence-corrected chi connectivity index (χ3v) is 3.63. The number of aromatic nitrogens is 2. The van der Waals surface area contributed by atoms with Crippen LogP contribution in [0, 0.1) is 6.92 Å². The van der Waals surface area contributed by atoms with E-state index in [0.717, 1.165) is 41.4 Å². The van der Waals surface area contributed by atoms with Crippen LogP contribution in [0.1, 0.15) is 12.1 Å². The molecule has 20 heavy (non-hydrogen) atoms. The van der Waals surface area contributed by atoms with Gasteiger partial charge in [-0.05, 0) is 31.5 Å². The average molecular weight is 359 g/mol. The molecule has 1 N–H and O–H groups in total. The van der Waals surface area contributed by atoms with Gasteiger partial charge in [0.05, 0.1) is 16.4 Å². The second-order valence-electron chi connectivity index (χ2n) is 4.49. The summed E-state index contributed by atoms with van der Waals surface area (Å²) in [6.45, 7) is 3.56. The lowest BCUT2D eigenvalue weighted by atomic mass is 10.3. The molecule has 4 nitrogen and oxygen atoms in total. The third-order valence-electron chi connectivity index (χ3n) is 2.82. The molecule has 0 saturated heterocycles. The highest BCUT2D eigenvalue weighted by atomic mass is 79.9. The smallest absolute Gasteiger partial charge is 0.207 e. The molecule has 0 radical (unpaired) electrons. The molecule has 0 aliphatic rings. The first-order valence-corrected chi connectivity index (χ1v) is 7.52. The Hall–Kier alpha value is -1.04. The Balaban J connectivity index is 2.15. The molecule has 2 rings (SSSR count). The van der Waals surface area contributed by atoms with Gasteiger partial charge in [-0.15, -0.1) is 0 Å². The van der Waals surface area contributed by atoms with Gasteiger partial charge in [-0.25, -0.2) is 4.98 Å². The second kappa shape index (κ2) is 7.11. The van der Waals surface area contributed by atoms with E-state index in [4.69, 9.17) is 16.3 Å². The van der Waals surface area contributed by atoms with Crippen molar-refractivity contribution in [3.05, 3.63) is 39.6 Å². The van der Waals surface area contributed by atoms with Crippen molar-refractivity contribution in [1.82, 2.24) is 9.55 Å². The lowest BCUT2D eigenvalue weighted by molar-refractivity contribution is 0.190.